The topological polar surface area (TPSA) is 179 Å². The quantitative estimate of drug-likeness (QED) is 0.349. The molecule has 1 aliphatic carbocycles. The Kier molecular flexibility index (Phi) is 10.2. The lowest BCUT2D eigenvalue weighted by Crippen LogP contribution is -2.52. The molecule has 1 unspecified atom stereocenters. The van der Waals surface area contributed by atoms with Crippen LogP contribution in [0, 0.1) is 6.92 Å². The number of nitrogens with zero attached hydrogens (tertiary/aromatic N) is 3. The lowest BCUT2D eigenvalue weighted by Gasteiger charge is -2.39. The van der Waals surface area contributed by atoms with E-state index in [9.17, 15) is 29.1 Å². The van der Waals surface area contributed by atoms with E-state index >= 15 is 0 Å². The molecule has 4 rings (SSSR count). The van der Waals surface area contributed by atoms with E-state index in [2.05, 4.69) is 0 Å². The van der Waals surface area contributed by atoms with Gasteiger partial charge in [0.05, 0.1) is 30.3 Å². The number of rotatable bonds is 11. The summed E-state index contributed by atoms with van der Waals surface area (Å²) in [5.74, 6) is -4.44. The summed E-state index contributed by atoms with van der Waals surface area (Å²) in [7, 11) is 0. The van der Waals surface area contributed by atoms with Crippen LogP contribution in [0.5, 0.6) is 5.75 Å². The van der Waals surface area contributed by atoms with Crippen LogP contribution in [0.15, 0.2) is 12.1 Å². The van der Waals surface area contributed by atoms with Crippen molar-refractivity contribution in [3.8, 4) is 5.75 Å². The number of piperazine rings is 1. The van der Waals surface area contributed by atoms with Crippen LogP contribution in [0.2, 0.25) is 5.02 Å². The minimum Gasteiger partial charge on any atom is -0.478 e. The molecule has 1 aliphatic heterocycles. The number of esters is 1. The molecule has 2 aromatic rings. The van der Waals surface area contributed by atoms with Crippen molar-refractivity contribution >= 4 is 52.4 Å². The van der Waals surface area contributed by atoms with Crippen molar-refractivity contribution in [2.24, 2.45) is 5.73 Å². The van der Waals surface area contributed by atoms with Gasteiger partial charge in [-0.3, -0.25) is 19.4 Å². The average molecular weight is 633 g/mol. The molecule has 3 amide bonds. The summed E-state index contributed by atoms with van der Waals surface area (Å²) in [6.07, 6.45) is 0.284. The Hall–Kier alpha value is -4.13. The summed E-state index contributed by atoms with van der Waals surface area (Å²) in [5.41, 5.74) is 4.99. The van der Waals surface area contributed by atoms with Crippen LogP contribution in [0.1, 0.15) is 73.5 Å². The van der Waals surface area contributed by atoms with Crippen molar-refractivity contribution in [1.82, 2.24) is 14.8 Å². The second kappa shape index (κ2) is 13.7. The van der Waals surface area contributed by atoms with Gasteiger partial charge in [0.15, 0.2) is 0 Å². The van der Waals surface area contributed by atoms with Gasteiger partial charge in [-0.05, 0) is 64.2 Å². The molecule has 2 heterocycles. The lowest BCUT2D eigenvalue weighted by molar-refractivity contribution is -0.163. The zero-order valence-electron chi connectivity index (χ0n) is 25.0. The standard InChI is InChI=1S/C30H37ClN4O9/c1-4-42-22(36)8-7-18(27(38)34-11-13-35(14-12-34)29(41)43-5-2)24-23(26(32)37)25(44-30(28(39)40)9-6-10-30)19-16-20(31)17(3)15-21(19)33-24/h15-16,18H,4-14H2,1-3H3,(H2,32,37)(H,39,40). The van der Waals surface area contributed by atoms with Crippen molar-refractivity contribution in [2.75, 3.05) is 39.4 Å². The number of aromatic nitrogens is 1. The van der Waals surface area contributed by atoms with Crippen LogP contribution in [0.25, 0.3) is 10.9 Å². The molecule has 3 N–H and O–H groups in total. The fourth-order valence-corrected chi connectivity index (χ4v) is 5.61. The number of ether oxygens (including phenoxy) is 3. The Labute approximate surface area is 259 Å². The lowest BCUT2D eigenvalue weighted by atomic mass is 9.80. The van der Waals surface area contributed by atoms with E-state index in [4.69, 9.17) is 36.5 Å². The zero-order valence-corrected chi connectivity index (χ0v) is 25.8. The van der Waals surface area contributed by atoms with Gasteiger partial charge in [0, 0.05) is 43.0 Å². The molecule has 0 radical (unpaired) electrons. The number of carboxylic acids is 1. The van der Waals surface area contributed by atoms with Crippen LogP contribution in [-0.2, 0) is 23.9 Å². The largest absolute Gasteiger partial charge is 0.478 e. The highest BCUT2D eigenvalue weighted by molar-refractivity contribution is 6.32. The number of carbonyl (C=O) groups excluding carboxylic acids is 4. The third kappa shape index (κ3) is 6.67. The van der Waals surface area contributed by atoms with Crippen molar-refractivity contribution < 1.29 is 43.3 Å². The third-order valence-electron chi connectivity index (χ3n) is 8.03. The Morgan fingerprint density at radius 3 is 2.23 bits per heavy atom. The third-order valence-corrected chi connectivity index (χ3v) is 8.44. The molecular weight excluding hydrogens is 596 g/mol. The van der Waals surface area contributed by atoms with Gasteiger partial charge in [-0.1, -0.05) is 11.6 Å². The Morgan fingerprint density at radius 2 is 1.68 bits per heavy atom. The second-order valence-corrected chi connectivity index (χ2v) is 11.3. The van der Waals surface area contributed by atoms with Crippen molar-refractivity contribution in [1.29, 1.82) is 0 Å². The second-order valence-electron chi connectivity index (χ2n) is 10.8. The molecular formula is C30H37ClN4O9. The summed E-state index contributed by atoms with van der Waals surface area (Å²) in [6.45, 7) is 6.26. The molecule has 13 nitrogen and oxygen atoms in total. The maximum Gasteiger partial charge on any atom is 0.409 e. The van der Waals surface area contributed by atoms with E-state index in [0.717, 1.165) is 0 Å². The number of aryl methyl sites for hydroxylation is 1. The number of hydrogen-bond acceptors (Lipinski definition) is 9. The van der Waals surface area contributed by atoms with Crippen LogP contribution < -0.4 is 10.5 Å². The van der Waals surface area contributed by atoms with E-state index in [-0.39, 0.29) is 87.5 Å². The predicted octanol–water partition coefficient (Wildman–Crippen LogP) is 3.41. The molecule has 44 heavy (non-hydrogen) atoms. The van der Waals surface area contributed by atoms with E-state index in [1.54, 1.807) is 26.8 Å². The summed E-state index contributed by atoms with van der Waals surface area (Å²) >= 11 is 6.43. The summed E-state index contributed by atoms with van der Waals surface area (Å²) in [5, 5.41) is 10.6. The maximum atomic E-state index is 14.2. The first kappa shape index (κ1) is 32.8. The highest BCUT2D eigenvalue weighted by atomic mass is 35.5. The fraction of sp³-hybridized carbons (Fsp3) is 0.533. The fourth-order valence-electron chi connectivity index (χ4n) is 5.44. The number of primary amides is 1. The number of fused-ring (bicyclic) bond motifs is 1. The van der Waals surface area contributed by atoms with Crippen molar-refractivity contribution in [3.63, 3.8) is 0 Å². The molecule has 0 spiro atoms. The van der Waals surface area contributed by atoms with Crippen LogP contribution in [0.3, 0.4) is 0 Å². The summed E-state index contributed by atoms with van der Waals surface area (Å²) in [6, 6.07) is 3.18. The molecule has 2 aliphatic rings. The van der Waals surface area contributed by atoms with Crippen molar-refractivity contribution in [3.05, 3.63) is 34.0 Å². The molecule has 14 heteroatoms. The van der Waals surface area contributed by atoms with Gasteiger partial charge in [-0.15, -0.1) is 0 Å². The Balaban J connectivity index is 1.84. The maximum absolute atomic E-state index is 14.2. The van der Waals surface area contributed by atoms with E-state index in [1.165, 1.54) is 15.9 Å². The number of aliphatic carboxylic acids is 1. The number of halogens is 1. The number of nitrogens with two attached hydrogens (primary N) is 1. The first-order valence-corrected chi connectivity index (χ1v) is 15.0. The zero-order chi connectivity index (χ0) is 32.2. The Bertz CT molecular complexity index is 1470. The molecule has 1 saturated carbocycles. The minimum atomic E-state index is -1.60. The number of amides is 3. The van der Waals surface area contributed by atoms with Gasteiger partial charge in [0.25, 0.3) is 5.91 Å². The first-order chi connectivity index (χ1) is 20.9. The number of carbonyl (C=O) groups is 5. The van der Waals surface area contributed by atoms with Gasteiger partial charge in [-0.2, -0.15) is 0 Å². The van der Waals surface area contributed by atoms with Gasteiger partial charge >= 0.3 is 18.0 Å². The van der Waals surface area contributed by atoms with Crippen LogP contribution in [-0.4, -0.2) is 94.7 Å². The molecule has 2 fully saturated rings. The van der Waals surface area contributed by atoms with E-state index in [1.807, 2.05) is 0 Å². The van der Waals surface area contributed by atoms with Crippen molar-refractivity contribution in [2.45, 2.75) is 64.4 Å². The monoisotopic (exact) mass is 632 g/mol. The number of carboxylic acid groups (broad SMARTS) is 1. The molecule has 1 aromatic heterocycles. The Morgan fingerprint density at radius 1 is 1.05 bits per heavy atom. The number of pyridine rings is 1. The normalized spacial score (nSPS) is 16.5. The number of hydrogen-bond donors (Lipinski definition) is 2. The predicted molar refractivity (Wildman–Crippen MR) is 159 cm³/mol. The summed E-state index contributed by atoms with van der Waals surface area (Å²) in [4.78, 5) is 72.0. The minimum absolute atomic E-state index is 0.0382. The molecule has 238 valence electrons. The van der Waals surface area contributed by atoms with E-state index in [0.29, 0.717) is 22.5 Å². The molecule has 1 aromatic carbocycles. The SMILES string of the molecule is CCOC(=O)CCC(C(=O)N1CCN(C(=O)OCC)CC1)c1nc2cc(C)c(Cl)cc2c(OC2(C(=O)O)CCC2)c1C(N)=O. The van der Waals surface area contributed by atoms with Gasteiger partial charge in [0.2, 0.25) is 11.5 Å². The van der Waals surface area contributed by atoms with Gasteiger partial charge < -0.3 is 34.9 Å². The highest BCUT2D eigenvalue weighted by Crippen LogP contribution is 2.44. The molecule has 1 atom stereocenters. The van der Waals surface area contributed by atoms with Gasteiger partial charge in [-0.25, -0.2) is 9.59 Å². The average Bonchev–Trinajstić information content (AvgIpc) is 2.95. The van der Waals surface area contributed by atoms with Crippen LogP contribution >= 0.6 is 11.6 Å². The molecule has 0 bridgehead atoms. The van der Waals surface area contributed by atoms with Gasteiger partial charge in [0.1, 0.15) is 11.3 Å². The number of benzene rings is 1. The highest BCUT2D eigenvalue weighted by Gasteiger charge is 2.48. The molecule has 1 saturated heterocycles. The first-order valence-electron chi connectivity index (χ1n) is 14.6. The smallest absolute Gasteiger partial charge is 0.409 e. The van der Waals surface area contributed by atoms with E-state index < -0.39 is 41.4 Å². The summed E-state index contributed by atoms with van der Waals surface area (Å²) < 4.78 is 16.3. The van der Waals surface area contributed by atoms with Crippen LogP contribution in [0.4, 0.5) is 4.79 Å².